The first-order valence-electron chi connectivity index (χ1n) is 10.4. The summed E-state index contributed by atoms with van der Waals surface area (Å²) in [6.45, 7) is 3.04. The summed E-state index contributed by atoms with van der Waals surface area (Å²) in [6.07, 6.45) is 6.41. The van der Waals surface area contributed by atoms with Crippen LogP contribution < -0.4 is 14.4 Å². The van der Waals surface area contributed by atoms with Crippen molar-refractivity contribution in [3.05, 3.63) is 78.4 Å². The lowest BCUT2D eigenvalue weighted by molar-refractivity contribution is -0.126. The number of hydrogen-bond donors (Lipinski definition) is 1. The zero-order valence-electron chi connectivity index (χ0n) is 18.1. The highest BCUT2D eigenvalue weighted by Crippen LogP contribution is 2.28. The number of benzene rings is 2. The minimum Gasteiger partial charge on any atom is -0.493 e. The Bertz CT molecular complexity index is 903. The van der Waals surface area contributed by atoms with E-state index in [9.17, 15) is 9.90 Å². The zero-order valence-corrected chi connectivity index (χ0v) is 18.1. The van der Waals surface area contributed by atoms with Gasteiger partial charge < -0.3 is 24.4 Å². The summed E-state index contributed by atoms with van der Waals surface area (Å²) >= 11 is 0. The maximum Gasteiger partial charge on any atom is 0.246 e. The van der Waals surface area contributed by atoms with Gasteiger partial charge in [0.1, 0.15) is 0 Å². The SMILES string of the molecule is COc1ccc(C[C@@H](O)/C=C/C=C/C(=O)N2CCN(c3ccccc3)CC2)cc1OC. The van der Waals surface area contributed by atoms with E-state index in [1.165, 1.54) is 5.69 Å². The topological polar surface area (TPSA) is 62.2 Å². The van der Waals surface area contributed by atoms with Crippen LogP contribution in [0.5, 0.6) is 11.5 Å². The highest BCUT2D eigenvalue weighted by Gasteiger charge is 2.19. The van der Waals surface area contributed by atoms with Gasteiger partial charge in [0.25, 0.3) is 0 Å². The Morgan fingerprint density at radius 3 is 2.39 bits per heavy atom. The summed E-state index contributed by atoms with van der Waals surface area (Å²) in [5, 5.41) is 10.3. The van der Waals surface area contributed by atoms with Gasteiger partial charge in [-0.3, -0.25) is 4.79 Å². The average Bonchev–Trinajstić information content (AvgIpc) is 2.82. The van der Waals surface area contributed by atoms with Crippen LogP contribution >= 0.6 is 0 Å². The van der Waals surface area contributed by atoms with Crippen LogP contribution in [0.3, 0.4) is 0 Å². The van der Waals surface area contributed by atoms with E-state index in [0.717, 1.165) is 18.7 Å². The van der Waals surface area contributed by atoms with Crippen LogP contribution in [0.15, 0.2) is 72.8 Å². The van der Waals surface area contributed by atoms with Crippen molar-refractivity contribution in [1.82, 2.24) is 4.90 Å². The van der Waals surface area contributed by atoms with Gasteiger partial charge in [-0.15, -0.1) is 0 Å². The Balaban J connectivity index is 1.45. The van der Waals surface area contributed by atoms with E-state index >= 15 is 0 Å². The lowest BCUT2D eigenvalue weighted by Crippen LogP contribution is -2.48. The largest absolute Gasteiger partial charge is 0.493 e. The van der Waals surface area contributed by atoms with E-state index in [-0.39, 0.29) is 5.91 Å². The molecule has 0 unspecified atom stereocenters. The zero-order chi connectivity index (χ0) is 22.1. The Kier molecular flexibility index (Phi) is 8.12. The van der Waals surface area contributed by atoms with Gasteiger partial charge in [-0.1, -0.05) is 42.5 Å². The third-order valence-corrected chi connectivity index (χ3v) is 5.29. The molecule has 0 aromatic heterocycles. The van der Waals surface area contributed by atoms with Crippen LogP contribution in [0.25, 0.3) is 0 Å². The highest BCUT2D eigenvalue weighted by atomic mass is 16.5. The van der Waals surface area contributed by atoms with Gasteiger partial charge in [-0.05, 0) is 29.8 Å². The molecule has 31 heavy (non-hydrogen) atoms. The molecule has 1 aliphatic rings. The molecule has 1 saturated heterocycles. The second kappa shape index (κ2) is 11.2. The van der Waals surface area contributed by atoms with E-state index in [1.807, 2.05) is 41.3 Å². The summed E-state index contributed by atoms with van der Waals surface area (Å²) in [7, 11) is 3.17. The predicted octanol–water partition coefficient (Wildman–Crippen LogP) is 3.07. The standard InChI is InChI=1S/C25H30N2O4/c1-30-23-13-12-20(19-24(23)31-2)18-22(28)10-6-7-11-25(29)27-16-14-26(15-17-27)21-8-4-3-5-9-21/h3-13,19,22,28H,14-18H2,1-2H3/b10-6+,11-7+/t22-/m0/s1. The Labute approximate surface area is 184 Å². The number of nitrogens with zero attached hydrogens (tertiary/aromatic N) is 2. The number of aliphatic hydroxyl groups is 1. The van der Waals surface area contributed by atoms with Gasteiger partial charge in [-0.25, -0.2) is 0 Å². The normalized spacial score (nSPS) is 15.5. The fraction of sp³-hybridized carbons (Fsp3) is 0.320. The number of para-hydroxylation sites is 1. The maximum absolute atomic E-state index is 12.4. The highest BCUT2D eigenvalue weighted by molar-refractivity contribution is 5.88. The number of allylic oxidation sites excluding steroid dienone is 2. The van der Waals surface area contributed by atoms with Gasteiger partial charge in [0.2, 0.25) is 5.91 Å². The van der Waals surface area contributed by atoms with Crippen molar-refractivity contribution in [1.29, 1.82) is 0 Å². The molecule has 0 bridgehead atoms. The summed E-state index contributed by atoms with van der Waals surface area (Å²) < 4.78 is 10.5. The van der Waals surface area contributed by atoms with Crippen molar-refractivity contribution >= 4 is 11.6 Å². The first-order valence-corrected chi connectivity index (χ1v) is 10.4. The van der Waals surface area contributed by atoms with Crippen LogP contribution in [-0.2, 0) is 11.2 Å². The number of methoxy groups -OCH3 is 2. The predicted molar refractivity (Wildman–Crippen MR) is 123 cm³/mol. The number of aliphatic hydroxyl groups excluding tert-OH is 1. The maximum atomic E-state index is 12.4. The molecule has 1 N–H and O–H groups in total. The molecule has 164 valence electrons. The summed E-state index contributed by atoms with van der Waals surface area (Å²) in [5.41, 5.74) is 2.13. The second-order valence-corrected chi connectivity index (χ2v) is 7.35. The second-order valence-electron chi connectivity index (χ2n) is 7.35. The third kappa shape index (κ3) is 6.36. The van der Waals surface area contributed by atoms with Crippen molar-refractivity contribution in [2.24, 2.45) is 0 Å². The number of carbonyl (C=O) groups is 1. The molecule has 6 nitrogen and oxygen atoms in total. The number of carbonyl (C=O) groups excluding carboxylic acids is 1. The number of piperazine rings is 1. The summed E-state index contributed by atoms with van der Waals surface area (Å²) in [5.74, 6) is 1.28. The van der Waals surface area contributed by atoms with Gasteiger partial charge in [0, 0.05) is 44.4 Å². The van der Waals surface area contributed by atoms with Crippen LogP contribution in [0.4, 0.5) is 5.69 Å². The minimum absolute atomic E-state index is 0.00765. The summed E-state index contributed by atoms with van der Waals surface area (Å²) in [6, 6.07) is 15.8. The molecule has 0 saturated carbocycles. The number of amides is 1. The van der Waals surface area contributed by atoms with Crippen molar-refractivity contribution in [3.8, 4) is 11.5 Å². The molecular formula is C25H30N2O4. The van der Waals surface area contributed by atoms with E-state index in [2.05, 4.69) is 17.0 Å². The van der Waals surface area contributed by atoms with E-state index in [4.69, 9.17) is 9.47 Å². The smallest absolute Gasteiger partial charge is 0.246 e. The number of rotatable bonds is 8. The molecule has 0 radical (unpaired) electrons. The molecule has 3 rings (SSSR count). The lowest BCUT2D eigenvalue weighted by Gasteiger charge is -2.35. The van der Waals surface area contributed by atoms with E-state index in [0.29, 0.717) is 31.0 Å². The molecule has 1 amide bonds. The molecule has 2 aromatic rings. The van der Waals surface area contributed by atoms with Crippen LogP contribution in [0.1, 0.15) is 5.56 Å². The Morgan fingerprint density at radius 1 is 1.00 bits per heavy atom. The van der Waals surface area contributed by atoms with Crippen LogP contribution in [-0.4, -0.2) is 62.4 Å². The monoisotopic (exact) mass is 422 g/mol. The minimum atomic E-state index is -0.660. The van der Waals surface area contributed by atoms with Crippen molar-refractivity contribution in [2.75, 3.05) is 45.3 Å². The van der Waals surface area contributed by atoms with Gasteiger partial charge in [0.05, 0.1) is 20.3 Å². The third-order valence-electron chi connectivity index (χ3n) is 5.29. The fourth-order valence-electron chi connectivity index (χ4n) is 3.58. The van der Waals surface area contributed by atoms with Crippen LogP contribution in [0.2, 0.25) is 0 Å². The van der Waals surface area contributed by atoms with Gasteiger partial charge >= 0.3 is 0 Å². The summed E-state index contributed by atoms with van der Waals surface area (Å²) in [4.78, 5) is 16.5. The Hall–Kier alpha value is -3.25. The van der Waals surface area contributed by atoms with Crippen molar-refractivity contribution in [2.45, 2.75) is 12.5 Å². The number of anilines is 1. The van der Waals surface area contributed by atoms with E-state index < -0.39 is 6.10 Å². The molecule has 0 spiro atoms. The first-order chi connectivity index (χ1) is 15.1. The van der Waals surface area contributed by atoms with Gasteiger partial charge in [-0.2, -0.15) is 0 Å². The van der Waals surface area contributed by atoms with Crippen molar-refractivity contribution < 1.29 is 19.4 Å². The number of hydrogen-bond acceptors (Lipinski definition) is 5. The van der Waals surface area contributed by atoms with Crippen LogP contribution in [0, 0.1) is 0 Å². The molecular weight excluding hydrogens is 392 g/mol. The molecule has 1 heterocycles. The van der Waals surface area contributed by atoms with Gasteiger partial charge in [0.15, 0.2) is 11.5 Å². The molecule has 2 aromatic carbocycles. The molecule has 6 heteroatoms. The molecule has 0 aliphatic carbocycles. The number of ether oxygens (including phenoxy) is 2. The molecule has 1 atom stereocenters. The molecule has 1 fully saturated rings. The van der Waals surface area contributed by atoms with E-state index in [1.54, 1.807) is 38.5 Å². The lowest BCUT2D eigenvalue weighted by atomic mass is 10.1. The quantitative estimate of drug-likeness (QED) is 0.523. The molecule has 1 aliphatic heterocycles. The fourth-order valence-corrected chi connectivity index (χ4v) is 3.58. The first kappa shape index (κ1) is 22.4. The average molecular weight is 423 g/mol. The van der Waals surface area contributed by atoms with Crippen molar-refractivity contribution in [3.63, 3.8) is 0 Å². The Morgan fingerprint density at radius 2 is 1.71 bits per heavy atom.